The molecule has 2 heterocycles. The number of aryl methyl sites for hydroxylation is 1. The highest BCUT2D eigenvalue weighted by molar-refractivity contribution is 7.09. The molecule has 3 rings (SSSR count). The summed E-state index contributed by atoms with van der Waals surface area (Å²) in [6, 6.07) is 7.17. The molecule has 1 saturated heterocycles. The van der Waals surface area contributed by atoms with Gasteiger partial charge in [0.2, 0.25) is 0 Å². The Morgan fingerprint density at radius 3 is 2.52 bits per heavy atom. The number of esters is 1. The number of carbonyl (C=O) groups excluding carboxylic acids is 2. The summed E-state index contributed by atoms with van der Waals surface area (Å²) in [4.78, 5) is 30.6. The van der Waals surface area contributed by atoms with Gasteiger partial charge in [0.15, 0.2) is 0 Å². The molecular weight excluding hydrogens is 364 g/mol. The maximum atomic E-state index is 12.7. The first-order chi connectivity index (χ1) is 13.1. The first kappa shape index (κ1) is 19.4. The van der Waals surface area contributed by atoms with E-state index in [-0.39, 0.29) is 17.8 Å². The van der Waals surface area contributed by atoms with E-state index >= 15 is 0 Å². The lowest BCUT2D eigenvalue weighted by Gasteiger charge is -2.31. The van der Waals surface area contributed by atoms with Gasteiger partial charge in [0.05, 0.1) is 12.5 Å². The number of carbonyl (C=O) groups is 2. The van der Waals surface area contributed by atoms with E-state index in [9.17, 15) is 9.59 Å². The molecule has 0 N–H and O–H groups in total. The Morgan fingerprint density at radius 1 is 1.22 bits per heavy atom. The molecule has 0 unspecified atom stereocenters. The van der Waals surface area contributed by atoms with Crippen LogP contribution >= 0.6 is 11.3 Å². The van der Waals surface area contributed by atoms with Gasteiger partial charge in [0, 0.05) is 29.7 Å². The number of rotatable bonds is 6. The van der Waals surface area contributed by atoms with E-state index in [0.717, 1.165) is 10.7 Å². The van der Waals surface area contributed by atoms with Crippen molar-refractivity contribution < 1.29 is 19.1 Å². The van der Waals surface area contributed by atoms with Crippen molar-refractivity contribution in [1.82, 2.24) is 9.88 Å². The Kier molecular flexibility index (Phi) is 6.45. The van der Waals surface area contributed by atoms with Crippen molar-refractivity contribution in [3.05, 3.63) is 45.9 Å². The van der Waals surface area contributed by atoms with Gasteiger partial charge in [-0.15, -0.1) is 11.3 Å². The average Bonchev–Trinajstić information content (AvgIpc) is 3.12. The lowest BCUT2D eigenvalue weighted by Crippen LogP contribution is -2.40. The molecular formula is C20H24N2O4S. The van der Waals surface area contributed by atoms with Crippen LogP contribution in [0, 0.1) is 12.8 Å². The molecule has 7 heteroatoms. The van der Waals surface area contributed by atoms with Gasteiger partial charge in [0.25, 0.3) is 5.91 Å². The highest BCUT2D eigenvalue weighted by Crippen LogP contribution is 2.22. The van der Waals surface area contributed by atoms with Crippen molar-refractivity contribution in [3.63, 3.8) is 0 Å². The topological polar surface area (TPSA) is 68.7 Å². The number of piperidine rings is 1. The van der Waals surface area contributed by atoms with E-state index in [0.29, 0.717) is 50.5 Å². The lowest BCUT2D eigenvalue weighted by atomic mass is 9.96. The largest absolute Gasteiger partial charge is 0.486 e. The number of nitrogens with zero attached hydrogens (tertiary/aromatic N) is 2. The van der Waals surface area contributed by atoms with Crippen LogP contribution in [0.4, 0.5) is 0 Å². The van der Waals surface area contributed by atoms with Gasteiger partial charge in [-0.1, -0.05) is 0 Å². The minimum atomic E-state index is -0.151. The second kappa shape index (κ2) is 8.99. The van der Waals surface area contributed by atoms with E-state index in [2.05, 4.69) is 4.98 Å². The van der Waals surface area contributed by atoms with E-state index in [1.54, 1.807) is 40.5 Å². The molecule has 0 aliphatic carbocycles. The van der Waals surface area contributed by atoms with Gasteiger partial charge < -0.3 is 14.4 Å². The van der Waals surface area contributed by atoms with Crippen molar-refractivity contribution >= 4 is 23.2 Å². The molecule has 0 spiro atoms. The van der Waals surface area contributed by atoms with Crippen LogP contribution in [0.25, 0.3) is 0 Å². The molecule has 0 bridgehead atoms. The molecule has 1 amide bonds. The average molecular weight is 388 g/mol. The van der Waals surface area contributed by atoms with Gasteiger partial charge in [-0.3, -0.25) is 9.59 Å². The molecule has 0 radical (unpaired) electrons. The summed E-state index contributed by atoms with van der Waals surface area (Å²) in [6.45, 7) is 5.73. The van der Waals surface area contributed by atoms with E-state index in [1.165, 1.54) is 0 Å². The molecule has 144 valence electrons. The van der Waals surface area contributed by atoms with E-state index in [1.807, 2.05) is 19.2 Å². The summed E-state index contributed by atoms with van der Waals surface area (Å²) in [7, 11) is 0. The molecule has 1 aromatic carbocycles. The molecule has 0 atom stereocenters. The molecule has 1 fully saturated rings. The summed E-state index contributed by atoms with van der Waals surface area (Å²) < 4.78 is 10.8. The van der Waals surface area contributed by atoms with Gasteiger partial charge in [-0.2, -0.15) is 0 Å². The smallest absolute Gasteiger partial charge is 0.309 e. The fourth-order valence-electron chi connectivity index (χ4n) is 3.07. The number of benzene rings is 1. The highest BCUT2D eigenvalue weighted by atomic mass is 32.1. The number of hydrogen-bond donors (Lipinski definition) is 0. The Hall–Kier alpha value is -2.41. The van der Waals surface area contributed by atoms with Gasteiger partial charge in [-0.25, -0.2) is 4.98 Å². The van der Waals surface area contributed by atoms with Gasteiger partial charge >= 0.3 is 5.97 Å². The number of amides is 1. The second-order valence-electron chi connectivity index (χ2n) is 6.51. The molecule has 1 aromatic heterocycles. The number of likely N-dealkylation sites (tertiary alicyclic amines) is 1. The molecule has 1 aliphatic heterocycles. The zero-order valence-corrected chi connectivity index (χ0v) is 16.5. The summed E-state index contributed by atoms with van der Waals surface area (Å²) in [6.07, 6.45) is 1.30. The Bertz CT molecular complexity index is 780. The molecule has 2 aromatic rings. The SMILES string of the molecule is CCOC(=O)C1CCN(C(=O)c2ccc(OCc3nc(C)cs3)cc2)CC1. The number of aromatic nitrogens is 1. The zero-order valence-electron chi connectivity index (χ0n) is 15.6. The van der Waals surface area contributed by atoms with Crippen LogP contribution in [-0.2, 0) is 16.1 Å². The van der Waals surface area contributed by atoms with Gasteiger partial charge in [-0.05, 0) is 51.0 Å². The summed E-state index contributed by atoms with van der Waals surface area (Å²) >= 11 is 1.57. The lowest BCUT2D eigenvalue weighted by molar-refractivity contribution is -0.149. The fraction of sp³-hybridized carbons (Fsp3) is 0.450. The van der Waals surface area contributed by atoms with E-state index < -0.39 is 0 Å². The highest BCUT2D eigenvalue weighted by Gasteiger charge is 2.28. The Morgan fingerprint density at radius 2 is 1.93 bits per heavy atom. The fourth-order valence-corrected chi connectivity index (χ4v) is 3.75. The minimum Gasteiger partial charge on any atom is -0.486 e. The number of hydrogen-bond acceptors (Lipinski definition) is 6. The molecule has 0 saturated carbocycles. The third-order valence-corrected chi connectivity index (χ3v) is 5.47. The van der Waals surface area contributed by atoms with Crippen LogP contribution in [0.5, 0.6) is 5.75 Å². The third kappa shape index (κ3) is 5.07. The van der Waals surface area contributed by atoms with Crippen LogP contribution in [0.1, 0.15) is 40.8 Å². The monoisotopic (exact) mass is 388 g/mol. The first-order valence-electron chi connectivity index (χ1n) is 9.16. The summed E-state index contributed by atoms with van der Waals surface area (Å²) in [5, 5.41) is 2.92. The van der Waals surface area contributed by atoms with Crippen LogP contribution in [0.3, 0.4) is 0 Å². The van der Waals surface area contributed by atoms with Crippen LogP contribution < -0.4 is 4.74 Å². The third-order valence-electron chi connectivity index (χ3n) is 4.53. The predicted molar refractivity (Wildman–Crippen MR) is 103 cm³/mol. The van der Waals surface area contributed by atoms with Crippen molar-refractivity contribution in [3.8, 4) is 5.75 Å². The molecule has 1 aliphatic rings. The number of ether oxygens (including phenoxy) is 2. The van der Waals surface area contributed by atoms with E-state index in [4.69, 9.17) is 9.47 Å². The zero-order chi connectivity index (χ0) is 19.2. The summed E-state index contributed by atoms with van der Waals surface area (Å²) in [5.41, 5.74) is 1.62. The maximum Gasteiger partial charge on any atom is 0.309 e. The van der Waals surface area contributed by atoms with Crippen LogP contribution in [0.15, 0.2) is 29.6 Å². The molecule has 6 nitrogen and oxygen atoms in total. The van der Waals surface area contributed by atoms with Crippen LogP contribution in [0.2, 0.25) is 0 Å². The van der Waals surface area contributed by atoms with Gasteiger partial charge in [0.1, 0.15) is 17.4 Å². The van der Waals surface area contributed by atoms with Crippen molar-refractivity contribution in [1.29, 1.82) is 0 Å². The first-order valence-corrected chi connectivity index (χ1v) is 10.0. The number of thiazole rings is 1. The minimum absolute atomic E-state index is 0.0144. The summed E-state index contributed by atoms with van der Waals surface area (Å²) in [5.74, 6) is 0.445. The van der Waals surface area contributed by atoms with Crippen LogP contribution in [-0.4, -0.2) is 41.5 Å². The standard InChI is InChI=1S/C20H24N2O4S/c1-3-25-20(24)16-8-10-22(11-9-16)19(23)15-4-6-17(7-5-15)26-12-18-21-14(2)13-27-18/h4-7,13,16H,3,8-12H2,1-2H3. The van der Waals surface area contributed by atoms with Crippen molar-refractivity contribution in [2.75, 3.05) is 19.7 Å². The van der Waals surface area contributed by atoms with Crippen molar-refractivity contribution in [2.45, 2.75) is 33.3 Å². The normalized spacial score (nSPS) is 14.8. The quantitative estimate of drug-likeness (QED) is 0.709. The van der Waals surface area contributed by atoms with Crippen molar-refractivity contribution in [2.24, 2.45) is 5.92 Å². The predicted octanol–water partition coefficient (Wildman–Crippen LogP) is 3.45. The Labute approximate surface area is 163 Å². The Balaban J connectivity index is 1.51. The molecule has 27 heavy (non-hydrogen) atoms. The second-order valence-corrected chi connectivity index (χ2v) is 7.46. The maximum absolute atomic E-state index is 12.7.